The number of anilines is 1. The van der Waals surface area contributed by atoms with Gasteiger partial charge in [0, 0.05) is 12.1 Å². The van der Waals surface area contributed by atoms with Gasteiger partial charge in [0.05, 0.1) is 16.1 Å². The van der Waals surface area contributed by atoms with Crippen LogP contribution in [0.4, 0.5) is 5.69 Å². The quantitative estimate of drug-likeness (QED) is 0.943. The van der Waals surface area contributed by atoms with Crippen LogP contribution < -0.4 is 5.32 Å². The molecule has 0 spiro atoms. The molecule has 1 aromatic heterocycles. The Labute approximate surface area is 120 Å². The van der Waals surface area contributed by atoms with Crippen molar-refractivity contribution in [3.63, 3.8) is 0 Å². The van der Waals surface area contributed by atoms with Gasteiger partial charge in [-0.2, -0.15) is 5.10 Å². The van der Waals surface area contributed by atoms with Crippen molar-refractivity contribution >= 4 is 34.8 Å². The summed E-state index contributed by atoms with van der Waals surface area (Å²) in [5, 5.41) is 7.61. The molecule has 0 aliphatic rings. The number of carbonyl (C=O) groups is 1. The van der Waals surface area contributed by atoms with E-state index < -0.39 is 0 Å². The van der Waals surface area contributed by atoms with Crippen LogP contribution in [0.5, 0.6) is 0 Å². The first-order valence-electron chi connectivity index (χ1n) is 5.65. The molecule has 1 aromatic carbocycles. The lowest BCUT2D eigenvalue weighted by Gasteiger charge is -2.11. The summed E-state index contributed by atoms with van der Waals surface area (Å²) >= 11 is 11.7. The maximum Gasteiger partial charge on any atom is 0.226 e. The number of hydrogen-bond donors (Lipinski definition) is 1. The van der Waals surface area contributed by atoms with Crippen LogP contribution in [0.15, 0.2) is 30.9 Å². The monoisotopic (exact) mass is 298 g/mol. The molecule has 7 heteroatoms. The molecule has 0 fully saturated rings. The van der Waals surface area contributed by atoms with Crippen molar-refractivity contribution in [2.75, 3.05) is 5.32 Å². The van der Waals surface area contributed by atoms with Crippen LogP contribution in [-0.2, 0) is 4.79 Å². The summed E-state index contributed by atoms with van der Waals surface area (Å²) in [6, 6.07) is 4.89. The zero-order valence-corrected chi connectivity index (χ0v) is 11.7. The molecule has 0 saturated heterocycles. The molecule has 1 heterocycles. The molecule has 0 bridgehead atoms. The molecular formula is C12H12Cl2N4O. The topological polar surface area (TPSA) is 59.8 Å². The van der Waals surface area contributed by atoms with Crippen molar-refractivity contribution in [2.45, 2.75) is 19.4 Å². The molecule has 1 N–H and O–H groups in total. The van der Waals surface area contributed by atoms with Gasteiger partial charge in [-0.1, -0.05) is 23.2 Å². The van der Waals surface area contributed by atoms with Crippen molar-refractivity contribution in [1.29, 1.82) is 0 Å². The molecule has 2 rings (SSSR count). The predicted molar refractivity (Wildman–Crippen MR) is 74.4 cm³/mol. The largest absolute Gasteiger partial charge is 0.326 e. The Hall–Kier alpha value is -1.59. The maximum absolute atomic E-state index is 11.9. The SMILES string of the molecule is C[C@H](CC(=O)Nc1ccc(Cl)c(Cl)c1)n1cncn1. The Balaban J connectivity index is 1.95. The highest BCUT2D eigenvalue weighted by Gasteiger charge is 2.12. The van der Waals surface area contributed by atoms with Crippen molar-refractivity contribution in [2.24, 2.45) is 0 Å². The minimum Gasteiger partial charge on any atom is -0.326 e. The highest BCUT2D eigenvalue weighted by molar-refractivity contribution is 6.42. The third kappa shape index (κ3) is 3.68. The number of amides is 1. The lowest BCUT2D eigenvalue weighted by atomic mass is 10.2. The minimum absolute atomic E-state index is 0.0646. The average molecular weight is 299 g/mol. The maximum atomic E-state index is 11.9. The Kier molecular flexibility index (Phi) is 4.39. The second kappa shape index (κ2) is 6.04. The number of carbonyl (C=O) groups excluding carboxylic acids is 1. The molecule has 1 atom stereocenters. The van der Waals surface area contributed by atoms with Crippen molar-refractivity contribution in [1.82, 2.24) is 14.8 Å². The number of rotatable bonds is 4. The fourth-order valence-corrected chi connectivity index (χ4v) is 1.89. The Morgan fingerprint density at radius 1 is 1.42 bits per heavy atom. The van der Waals surface area contributed by atoms with Gasteiger partial charge < -0.3 is 5.32 Å². The number of hydrogen-bond acceptors (Lipinski definition) is 3. The molecule has 19 heavy (non-hydrogen) atoms. The van der Waals surface area contributed by atoms with Crippen LogP contribution in [0.25, 0.3) is 0 Å². The van der Waals surface area contributed by atoms with Crippen molar-refractivity contribution in [3.05, 3.63) is 40.9 Å². The van der Waals surface area contributed by atoms with Crippen LogP contribution >= 0.6 is 23.2 Å². The first-order chi connectivity index (χ1) is 9.06. The van der Waals surface area contributed by atoms with Crippen LogP contribution in [0, 0.1) is 0 Å². The third-order valence-electron chi connectivity index (χ3n) is 2.57. The first-order valence-corrected chi connectivity index (χ1v) is 6.41. The summed E-state index contributed by atoms with van der Waals surface area (Å²) in [4.78, 5) is 15.7. The summed E-state index contributed by atoms with van der Waals surface area (Å²) in [6.07, 6.45) is 3.31. The second-order valence-corrected chi connectivity index (χ2v) is 4.92. The van der Waals surface area contributed by atoms with Gasteiger partial charge in [-0.15, -0.1) is 0 Å². The molecule has 0 aliphatic heterocycles. The summed E-state index contributed by atoms with van der Waals surface area (Å²) in [7, 11) is 0. The standard InChI is InChI=1S/C12H12Cl2N4O/c1-8(18-7-15-6-16-18)4-12(19)17-9-2-3-10(13)11(14)5-9/h2-3,5-8H,4H2,1H3,(H,17,19)/t8-/m1/s1. The molecule has 0 unspecified atom stereocenters. The van der Waals surface area contributed by atoms with Crippen LogP contribution in [0.2, 0.25) is 10.0 Å². The normalized spacial score (nSPS) is 12.2. The van der Waals surface area contributed by atoms with Crippen LogP contribution in [0.1, 0.15) is 19.4 Å². The molecule has 5 nitrogen and oxygen atoms in total. The fraction of sp³-hybridized carbons (Fsp3) is 0.250. The zero-order chi connectivity index (χ0) is 13.8. The molecule has 0 aliphatic carbocycles. The number of nitrogens with zero attached hydrogens (tertiary/aromatic N) is 3. The van der Waals surface area contributed by atoms with E-state index in [-0.39, 0.29) is 11.9 Å². The molecule has 2 aromatic rings. The van der Waals surface area contributed by atoms with Gasteiger partial charge in [-0.25, -0.2) is 9.67 Å². The lowest BCUT2D eigenvalue weighted by Crippen LogP contribution is -2.17. The molecule has 1 amide bonds. The van der Waals surface area contributed by atoms with Gasteiger partial charge in [0.2, 0.25) is 5.91 Å². The van der Waals surface area contributed by atoms with E-state index in [4.69, 9.17) is 23.2 Å². The summed E-state index contributed by atoms with van der Waals surface area (Å²) in [6.45, 7) is 1.89. The van der Waals surface area contributed by atoms with E-state index in [9.17, 15) is 4.79 Å². The minimum atomic E-state index is -0.124. The third-order valence-corrected chi connectivity index (χ3v) is 3.31. The van der Waals surface area contributed by atoms with Crippen LogP contribution in [-0.4, -0.2) is 20.7 Å². The highest BCUT2D eigenvalue weighted by Crippen LogP contribution is 2.25. The first kappa shape index (κ1) is 13.8. The van der Waals surface area contributed by atoms with E-state index in [0.717, 1.165) is 0 Å². The average Bonchev–Trinajstić information content (AvgIpc) is 2.87. The molecule has 100 valence electrons. The highest BCUT2D eigenvalue weighted by atomic mass is 35.5. The van der Waals surface area contributed by atoms with Gasteiger partial charge in [0.1, 0.15) is 12.7 Å². The second-order valence-electron chi connectivity index (χ2n) is 4.11. The van der Waals surface area contributed by atoms with Gasteiger partial charge in [0.15, 0.2) is 0 Å². The number of aromatic nitrogens is 3. The Morgan fingerprint density at radius 2 is 2.21 bits per heavy atom. The zero-order valence-electron chi connectivity index (χ0n) is 10.2. The predicted octanol–water partition coefficient (Wildman–Crippen LogP) is 3.17. The fourth-order valence-electron chi connectivity index (χ4n) is 1.59. The lowest BCUT2D eigenvalue weighted by molar-refractivity contribution is -0.116. The van der Waals surface area contributed by atoms with E-state index in [1.54, 1.807) is 29.2 Å². The smallest absolute Gasteiger partial charge is 0.226 e. The summed E-state index contributed by atoms with van der Waals surface area (Å²) in [5.41, 5.74) is 0.616. The van der Waals surface area contributed by atoms with E-state index in [1.165, 1.54) is 6.33 Å². The molecule has 0 saturated carbocycles. The molecular weight excluding hydrogens is 287 g/mol. The number of nitrogens with one attached hydrogen (secondary N) is 1. The number of halogens is 2. The van der Waals surface area contributed by atoms with E-state index in [2.05, 4.69) is 15.4 Å². The number of benzene rings is 1. The Morgan fingerprint density at radius 3 is 2.84 bits per heavy atom. The summed E-state index contributed by atoms with van der Waals surface area (Å²) < 4.78 is 1.63. The molecule has 0 radical (unpaired) electrons. The van der Waals surface area contributed by atoms with E-state index in [1.807, 2.05) is 6.92 Å². The summed E-state index contributed by atoms with van der Waals surface area (Å²) in [5.74, 6) is -0.124. The Bertz CT molecular complexity index is 571. The van der Waals surface area contributed by atoms with Gasteiger partial charge in [-0.05, 0) is 25.1 Å². The van der Waals surface area contributed by atoms with Gasteiger partial charge in [-0.3, -0.25) is 4.79 Å². The van der Waals surface area contributed by atoms with Crippen molar-refractivity contribution < 1.29 is 4.79 Å². The van der Waals surface area contributed by atoms with Gasteiger partial charge in [0.25, 0.3) is 0 Å². The van der Waals surface area contributed by atoms with Crippen molar-refractivity contribution in [3.8, 4) is 0 Å². The van der Waals surface area contributed by atoms with Crippen LogP contribution in [0.3, 0.4) is 0 Å². The van der Waals surface area contributed by atoms with E-state index >= 15 is 0 Å². The van der Waals surface area contributed by atoms with Gasteiger partial charge >= 0.3 is 0 Å². The van der Waals surface area contributed by atoms with E-state index in [0.29, 0.717) is 22.2 Å².